The minimum absolute atomic E-state index is 0. The molecule has 0 bridgehead atoms. The smallest absolute Gasteiger partial charge is 0.0996 e. The number of pyridine rings is 6. The van der Waals surface area contributed by atoms with Crippen LogP contribution in [0, 0.1) is 0 Å². The van der Waals surface area contributed by atoms with Crippen LogP contribution in [-0.2, 0) is 19.5 Å². The molecule has 0 radical (unpaired) electrons. The summed E-state index contributed by atoms with van der Waals surface area (Å²) < 4.78 is 0. The van der Waals surface area contributed by atoms with Crippen molar-refractivity contribution < 1.29 is 19.5 Å². The van der Waals surface area contributed by atoms with E-state index in [0.717, 1.165) is 82.8 Å². The van der Waals surface area contributed by atoms with Crippen LogP contribution in [0.5, 0.6) is 0 Å². The van der Waals surface area contributed by atoms with E-state index in [-0.39, 0.29) is 19.5 Å². The number of anilines is 1. The number of nitrogens with one attached hydrogen (secondary N) is 1. The Labute approximate surface area is 305 Å². The van der Waals surface area contributed by atoms with E-state index in [0.29, 0.717) is 0 Å². The first-order valence-corrected chi connectivity index (χ1v) is 16.1. The van der Waals surface area contributed by atoms with Crippen LogP contribution >= 0.6 is 0 Å². The van der Waals surface area contributed by atoms with Crippen LogP contribution in [0.25, 0.3) is 77.1 Å². The van der Waals surface area contributed by atoms with Gasteiger partial charge in [0.05, 0.1) is 55.5 Å². The van der Waals surface area contributed by atoms with E-state index < -0.39 is 0 Å². The number of hydrogen-bond donors (Lipinski definition) is 1. The second kappa shape index (κ2) is 15.0. The number of nitrogens with zero attached hydrogens (tertiary/aromatic N) is 8. The number of para-hydroxylation sites is 2. The molecule has 0 spiro atoms. The van der Waals surface area contributed by atoms with E-state index in [1.165, 1.54) is 0 Å². The van der Waals surface area contributed by atoms with E-state index in [9.17, 15) is 0 Å². The quantitative estimate of drug-likeness (QED) is 0.105. The van der Waals surface area contributed by atoms with E-state index in [2.05, 4.69) is 53.4 Å². The maximum atomic E-state index is 4.83. The molecule has 3 aromatic carbocycles. The topological polar surface area (TPSA) is 115 Å². The summed E-state index contributed by atoms with van der Waals surface area (Å²) in [6.07, 6.45) is 10.7. The molecule has 0 amide bonds. The van der Waals surface area contributed by atoms with Crippen LogP contribution in [-0.4, -0.2) is 46.9 Å². The third kappa shape index (κ3) is 6.65. The Kier molecular flexibility index (Phi) is 9.76. The molecular formula is C41H29N9Ru. The molecule has 0 aliphatic carbocycles. The van der Waals surface area contributed by atoms with Crippen LogP contribution in [0.2, 0.25) is 0 Å². The van der Waals surface area contributed by atoms with Crippen molar-refractivity contribution in [3.8, 4) is 11.4 Å². The van der Waals surface area contributed by atoms with E-state index in [1.54, 1.807) is 37.2 Å². The molecule has 10 rings (SSSR count). The Morgan fingerprint density at radius 1 is 0.392 bits per heavy atom. The van der Waals surface area contributed by atoms with Crippen LogP contribution in [0.4, 0.5) is 5.69 Å². The monoisotopic (exact) mass is 749 g/mol. The van der Waals surface area contributed by atoms with Gasteiger partial charge in [-0.05, 0) is 84.9 Å². The summed E-state index contributed by atoms with van der Waals surface area (Å²) >= 11 is 0. The van der Waals surface area contributed by atoms with Gasteiger partial charge < -0.3 is 5.32 Å². The SMILES string of the molecule is CNc1cc2cccnc2c2ncccc12.[Ru].c1ccc(-c2ccccn2)nc1.c1ccc2nc3c4cccnc4c4ncccc4c3nc2c1. The van der Waals surface area contributed by atoms with Gasteiger partial charge in [0.25, 0.3) is 0 Å². The van der Waals surface area contributed by atoms with Crippen molar-refractivity contribution >= 4 is 71.4 Å². The van der Waals surface area contributed by atoms with Gasteiger partial charge >= 0.3 is 0 Å². The Morgan fingerprint density at radius 3 is 1.31 bits per heavy atom. The average molecular weight is 749 g/mol. The van der Waals surface area contributed by atoms with E-state index in [1.807, 2.05) is 104 Å². The Bertz CT molecular complexity index is 2630. The molecule has 0 atom stereocenters. The van der Waals surface area contributed by atoms with Crippen molar-refractivity contribution in [2.75, 3.05) is 12.4 Å². The van der Waals surface area contributed by atoms with Gasteiger partial charge in [-0.2, -0.15) is 0 Å². The minimum Gasteiger partial charge on any atom is -0.388 e. The van der Waals surface area contributed by atoms with Gasteiger partial charge in [0.2, 0.25) is 0 Å². The normalized spacial score (nSPS) is 10.7. The molecule has 0 aliphatic rings. The summed E-state index contributed by atoms with van der Waals surface area (Å²) in [5.41, 5.74) is 10.1. The van der Waals surface area contributed by atoms with Gasteiger partial charge in [-0.25, -0.2) is 9.97 Å². The number of aromatic nitrogens is 8. The molecular weight excluding hydrogens is 720 g/mol. The fourth-order valence-corrected chi connectivity index (χ4v) is 5.96. The second-order valence-corrected chi connectivity index (χ2v) is 11.3. The number of fused-ring (bicyclic) bond motifs is 10. The van der Waals surface area contributed by atoms with Gasteiger partial charge in [0.15, 0.2) is 0 Å². The molecule has 0 saturated heterocycles. The molecule has 10 aromatic rings. The first kappa shape index (κ1) is 33.1. The zero-order valence-electron chi connectivity index (χ0n) is 27.4. The van der Waals surface area contributed by atoms with Crippen LogP contribution in [0.1, 0.15) is 0 Å². The van der Waals surface area contributed by atoms with Crippen molar-refractivity contribution in [2.24, 2.45) is 0 Å². The minimum atomic E-state index is 0. The van der Waals surface area contributed by atoms with Gasteiger partial charge in [-0.15, -0.1) is 0 Å². The molecule has 51 heavy (non-hydrogen) atoms. The van der Waals surface area contributed by atoms with Gasteiger partial charge in [-0.3, -0.25) is 29.9 Å². The van der Waals surface area contributed by atoms with Crippen molar-refractivity contribution in [3.05, 3.63) is 152 Å². The zero-order chi connectivity index (χ0) is 33.7. The number of benzene rings is 3. The molecule has 9 nitrogen and oxygen atoms in total. The maximum Gasteiger partial charge on any atom is 0.0996 e. The van der Waals surface area contributed by atoms with E-state index >= 15 is 0 Å². The molecule has 0 aliphatic heterocycles. The molecule has 10 heteroatoms. The second-order valence-electron chi connectivity index (χ2n) is 11.3. The van der Waals surface area contributed by atoms with Crippen LogP contribution < -0.4 is 5.32 Å². The largest absolute Gasteiger partial charge is 0.388 e. The average Bonchev–Trinajstić information content (AvgIpc) is 3.21. The first-order chi connectivity index (χ1) is 24.8. The van der Waals surface area contributed by atoms with Crippen molar-refractivity contribution in [3.63, 3.8) is 0 Å². The third-order valence-corrected chi connectivity index (χ3v) is 8.24. The predicted octanol–water partition coefficient (Wildman–Crippen LogP) is 8.85. The van der Waals surface area contributed by atoms with Gasteiger partial charge in [0.1, 0.15) is 0 Å². The van der Waals surface area contributed by atoms with Crippen LogP contribution in [0.3, 0.4) is 0 Å². The maximum absolute atomic E-state index is 4.83. The standard InChI is InChI=1S/C18H10N4.C13H11N3.C10H8N2.Ru/c1-2-8-14-13(7-1)21-17-11-5-3-9-19-15(11)16-12(18(17)22-14)6-4-10-20-16;1-14-11-8-9-4-2-6-15-12(9)13-10(11)5-3-7-16-13;1-3-7-11-9(5-1)10-6-2-4-8-12-10;/h1-10H;2-8,14H,1H3;1-8H;. The molecule has 0 fully saturated rings. The summed E-state index contributed by atoms with van der Waals surface area (Å²) in [5.74, 6) is 0. The first-order valence-electron chi connectivity index (χ1n) is 16.1. The zero-order valence-corrected chi connectivity index (χ0v) is 29.1. The Balaban J connectivity index is 0.000000124. The molecule has 7 aromatic heterocycles. The summed E-state index contributed by atoms with van der Waals surface area (Å²) in [6, 6.07) is 37.5. The number of hydrogen-bond acceptors (Lipinski definition) is 9. The van der Waals surface area contributed by atoms with Gasteiger partial charge in [0, 0.05) is 90.9 Å². The molecule has 0 unspecified atom stereocenters. The summed E-state index contributed by atoms with van der Waals surface area (Å²) in [6.45, 7) is 0. The molecule has 0 saturated carbocycles. The fraction of sp³-hybridized carbons (Fsp3) is 0.0244. The van der Waals surface area contributed by atoms with Crippen LogP contribution in [0.15, 0.2) is 152 Å². The van der Waals surface area contributed by atoms with Crippen molar-refractivity contribution in [1.82, 2.24) is 39.9 Å². The fourth-order valence-electron chi connectivity index (χ4n) is 5.96. The Morgan fingerprint density at radius 2 is 0.824 bits per heavy atom. The van der Waals surface area contributed by atoms with Crippen molar-refractivity contribution in [2.45, 2.75) is 0 Å². The van der Waals surface area contributed by atoms with E-state index in [4.69, 9.17) is 9.97 Å². The Hall–Kier alpha value is -6.38. The molecule has 1 N–H and O–H groups in total. The third-order valence-electron chi connectivity index (χ3n) is 8.24. The predicted molar refractivity (Wildman–Crippen MR) is 202 cm³/mol. The number of rotatable bonds is 2. The van der Waals surface area contributed by atoms with Gasteiger partial charge in [-0.1, -0.05) is 30.3 Å². The summed E-state index contributed by atoms with van der Waals surface area (Å²) in [5, 5.41) is 7.39. The van der Waals surface area contributed by atoms with Crippen molar-refractivity contribution in [1.29, 1.82) is 0 Å². The molecule has 246 valence electrons. The summed E-state index contributed by atoms with van der Waals surface area (Å²) in [4.78, 5) is 35.9. The molecule has 7 heterocycles. The summed E-state index contributed by atoms with van der Waals surface area (Å²) in [7, 11) is 1.92.